The number of aliphatic hydroxyl groups excluding tert-OH is 1. The molecule has 0 saturated heterocycles. The van der Waals surface area contributed by atoms with Crippen LogP contribution in [-0.2, 0) is 6.54 Å². The van der Waals surface area contributed by atoms with Crippen LogP contribution in [0.15, 0.2) is 17.1 Å². The Balaban J connectivity index is 2.94. The van der Waals surface area contributed by atoms with Crippen LogP contribution in [0, 0.1) is 0 Å². The van der Waals surface area contributed by atoms with Crippen LogP contribution in [0.2, 0.25) is 0 Å². The molecule has 1 aromatic rings. The van der Waals surface area contributed by atoms with E-state index in [1.807, 2.05) is 18.9 Å². The molecule has 0 atom stereocenters. The van der Waals surface area contributed by atoms with Crippen molar-refractivity contribution in [3.8, 4) is 0 Å². The van der Waals surface area contributed by atoms with Gasteiger partial charge in [-0.05, 0) is 6.92 Å². The maximum atomic E-state index is 11.4. The standard InChI is InChI=1S/C9H15N3O2/c1-3-11(2)8-6-9(14)12(4-5-13)10-7-8/h6-7,13H,3-5H2,1-2H3. The molecule has 0 amide bonds. The predicted octanol–water partition coefficient (Wildman–Crippen LogP) is -0.308. The molecule has 0 aliphatic carbocycles. The molecule has 0 bridgehead atoms. The average Bonchev–Trinajstić information content (AvgIpc) is 2.20. The van der Waals surface area contributed by atoms with Crippen molar-refractivity contribution in [1.29, 1.82) is 0 Å². The second kappa shape index (κ2) is 4.76. The van der Waals surface area contributed by atoms with Crippen LogP contribution in [0.3, 0.4) is 0 Å². The van der Waals surface area contributed by atoms with Gasteiger partial charge in [0.05, 0.1) is 25.0 Å². The third kappa shape index (κ3) is 2.32. The third-order valence-electron chi connectivity index (χ3n) is 2.08. The molecule has 0 fully saturated rings. The first kappa shape index (κ1) is 10.7. The first-order valence-electron chi connectivity index (χ1n) is 4.58. The fraction of sp³-hybridized carbons (Fsp3) is 0.556. The van der Waals surface area contributed by atoms with Crippen molar-refractivity contribution < 1.29 is 5.11 Å². The minimum Gasteiger partial charge on any atom is -0.394 e. The first-order valence-corrected chi connectivity index (χ1v) is 4.58. The van der Waals surface area contributed by atoms with Gasteiger partial charge >= 0.3 is 0 Å². The lowest BCUT2D eigenvalue weighted by atomic mass is 10.4. The summed E-state index contributed by atoms with van der Waals surface area (Å²) in [6, 6.07) is 1.52. The van der Waals surface area contributed by atoms with Crippen molar-refractivity contribution >= 4 is 5.69 Å². The summed E-state index contributed by atoms with van der Waals surface area (Å²) in [7, 11) is 1.90. The van der Waals surface area contributed by atoms with Gasteiger partial charge in [-0.25, -0.2) is 4.68 Å². The van der Waals surface area contributed by atoms with E-state index in [-0.39, 0.29) is 18.7 Å². The zero-order valence-electron chi connectivity index (χ0n) is 8.47. The second-order valence-electron chi connectivity index (χ2n) is 3.01. The molecule has 78 valence electrons. The summed E-state index contributed by atoms with van der Waals surface area (Å²) >= 11 is 0. The van der Waals surface area contributed by atoms with Crippen molar-refractivity contribution in [3.63, 3.8) is 0 Å². The predicted molar refractivity (Wildman–Crippen MR) is 54.5 cm³/mol. The molecule has 0 unspecified atom stereocenters. The fourth-order valence-electron chi connectivity index (χ4n) is 1.08. The van der Waals surface area contributed by atoms with Gasteiger partial charge in [0.25, 0.3) is 5.56 Å². The Morgan fingerprint density at radius 1 is 1.64 bits per heavy atom. The van der Waals surface area contributed by atoms with E-state index in [2.05, 4.69) is 5.10 Å². The van der Waals surface area contributed by atoms with Gasteiger partial charge in [0, 0.05) is 19.7 Å². The molecule has 0 aromatic carbocycles. The topological polar surface area (TPSA) is 58.4 Å². The zero-order valence-corrected chi connectivity index (χ0v) is 8.47. The summed E-state index contributed by atoms with van der Waals surface area (Å²) in [5, 5.41) is 12.6. The van der Waals surface area contributed by atoms with E-state index in [0.29, 0.717) is 0 Å². The molecule has 0 radical (unpaired) electrons. The Morgan fingerprint density at radius 2 is 2.36 bits per heavy atom. The molecule has 5 heteroatoms. The SMILES string of the molecule is CCN(C)c1cnn(CCO)c(=O)c1. The summed E-state index contributed by atoms with van der Waals surface area (Å²) < 4.78 is 1.24. The lowest BCUT2D eigenvalue weighted by molar-refractivity contribution is 0.266. The largest absolute Gasteiger partial charge is 0.394 e. The minimum absolute atomic E-state index is 0.0735. The van der Waals surface area contributed by atoms with E-state index in [4.69, 9.17) is 5.11 Å². The van der Waals surface area contributed by atoms with Gasteiger partial charge < -0.3 is 10.0 Å². The van der Waals surface area contributed by atoms with Crippen molar-refractivity contribution in [3.05, 3.63) is 22.6 Å². The van der Waals surface area contributed by atoms with Gasteiger partial charge in [0.1, 0.15) is 0 Å². The number of aliphatic hydroxyl groups is 1. The Kier molecular flexibility index (Phi) is 3.64. The van der Waals surface area contributed by atoms with E-state index < -0.39 is 0 Å². The summed E-state index contributed by atoms with van der Waals surface area (Å²) in [6.45, 7) is 3.00. The van der Waals surface area contributed by atoms with Crippen molar-refractivity contribution in [2.24, 2.45) is 0 Å². The van der Waals surface area contributed by atoms with Crippen molar-refractivity contribution in [1.82, 2.24) is 9.78 Å². The summed E-state index contributed by atoms with van der Waals surface area (Å²) in [6.07, 6.45) is 1.63. The van der Waals surface area contributed by atoms with Crippen LogP contribution in [-0.4, -0.2) is 35.1 Å². The zero-order chi connectivity index (χ0) is 10.6. The van der Waals surface area contributed by atoms with E-state index in [1.165, 1.54) is 10.7 Å². The van der Waals surface area contributed by atoms with Crippen LogP contribution in [0.1, 0.15) is 6.92 Å². The quantitative estimate of drug-likeness (QED) is 0.719. The van der Waals surface area contributed by atoms with Crippen LogP contribution >= 0.6 is 0 Å². The van der Waals surface area contributed by atoms with Crippen molar-refractivity contribution in [2.75, 3.05) is 25.1 Å². The maximum absolute atomic E-state index is 11.4. The summed E-state index contributed by atoms with van der Waals surface area (Å²) in [5.74, 6) is 0. The Morgan fingerprint density at radius 3 is 2.86 bits per heavy atom. The molecule has 1 N–H and O–H groups in total. The highest BCUT2D eigenvalue weighted by atomic mass is 16.3. The lowest BCUT2D eigenvalue weighted by Gasteiger charge is -2.15. The highest BCUT2D eigenvalue weighted by molar-refractivity contribution is 5.41. The van der Waals surface area contributed by atoms with E-state index >= 15 is 0 Å². The number of hydrogen-bond donors (Lipinski definition) is 1. The number of anilines is 1. The van der Waals surface area contributed by atoms with Gasteiger partial charge in [-0.2, -0.15) is 5.10 Å². The van der Waals surface area contributed by atoms with Crippen molar-refractivity contribution in [2.45, 2.75) is 13.5 Å². The van der Waals surface area contributed by atoms with E-state index in [1.54, 1.807) is 6.20 Å². The monoisotopic (exact) mass is 197 g/mol. The van der Waals surface area contributed by atoms with Crippen LogP contribution in [0.5, 0.6) is 0 Å². The molecule has 1 aromatic heterocycles. The third-order valence-corrected chi connectivity index (χ3v) is 2.08. The average molecular weight is 197 g/mol. The summed E-state index contributed by atoms with van der Waals surface area (Å²) in [5.41, 5.74) is 0.614. The van der Waals surface area contributed by atoms with Gasteiger partial charge in [-0.1, -0.05) is 0 Å². The fourth-order valence-corrected chi connectivity index (χ4v) is 1.08. The van der Waals surface area contributed by atoms with Gasteiger partial charge in [0.15, 0.2) is 0 Å². The summed E-state index contributed by atoms with van der Waals surface area (Å²) in [4.78, 5) is 13.3. The smallest absolute Gasteiger partial charge is 0.268 e. The lowest BCUT2D eigenvalue weighted by Crippen LogP contribution is -2.26. The Bertz CT molecular complexity index is 348. The molecule has 14 heavy (non-hydrogen) atoms. The highest BCUT2D eigenvalue weighted by Gasteiger charge is 2.02. The molecule has 0 spiro atoms. The molecule has 1 rings (SSSR count). The van der Waals surface area contributed by atoms with E-state index in [0.717, 1.165) is 12.2 Å². The molecular weight excluding hydrogens is 182 g/mol. The van der Waals surface area contributed by atoms with E-state index in [9.17, 15) is 4.79 Å². The van der Waals surface area contributed by atoms with Gasteiger partial charge in [0.2, 0.25) is 0 Å². The second-order valence-corrected chi connectivity index (χ2v) is 3.01. The van der Waals surface area contributed by atoms with Crippen LogP contribution in [0.25, 0.3) is 0 Å². The number of nitrogens with zero attached hydrogens (tertiary/aromatic N) is 3. The Hall–Kier alpha value is -1.36. The highest BCUT2D eigenvalue weighted by Crippen LogP contribution is 2.05. The minimum atomic E-state index is -0.183. The number of aromatic nitrogens is 2. The number of rotatable bonds is 4. The molecular formula is C9H15N3O2. The first-order chi connectivity index (χ1) is 6.69. The Labute approximate surface area is 82.6 Å². The van der Waals surface area contributed by atoms with Gasteiger partial charge in [-0.3, -0.25) is 4.79 Å². The normalized spacial score (nSPS) is 10.2. The van der Waals surface area contributed by atoms with Gasteiger partial charge in [-0.15, -0.1) is 0 Å². The molecule has 1 heterocycles. The molecule has 0 saturated carbocycles. The van der Waals surface area contributed by atoms with Crippen LogP contribution in [0.4, 0.5) is 5.69 Å². The number of hydrogen-bond acceptors (Lipinski definition) is 4. The maximum Gasteiger partial charge on any atom is 0.268 e. The molecule has 0 aliphatic heterocycles. The molecule has 0 aliphatic rings. The van der Waals surface area contributed by atoms with Crippen LogP contribution < -0.4 is 10.5 Å². The molecule has 5 nitrogen and oxygen atoms in total.